The maximum absolute atomic E-state index is 12.9. The second-order valence-electron chi connectivity index (χ2n) is 6.86. The van der Waals surface area contributed by atoms with Gasteiger partial charge in [-0.1, -0.05) is 6.92 Å². The fourth-order valence-corrected chi connectivity index (χ4v) is 4.69. The highest BCUT2D eigenvalue weighted by Crippen LogP contribution is 2.28. The first kappa shape index (κ1) is 17.4. The van der Waals surface area contributed by atoms with Crippen LogP contribution in [0.4, 0.5) is 0 Å². The number of thiophene rings is 1. The maximum Gasteiger partial charge on any atom is 0.264 e. The molecule has 2 aliphatic rings. The molecule has 0 bridgehead atoms. The van der Waals surface area contributed by atoms with Crippen molar-refractivity contribution in [3.05, 3.63) is 21.4 Å². The summed E-state index contributed by atoms with van der Waals surface area (Å²) in [6.45, 7) is 8.23. The zero-order valence-electron chi connectivity index (χ0n) is 14.9. The second kappa shape index (κ2) is 7.23. The molecule has 0 aliphatic carbocycles. The number of rotatable bonds is 3. The molecule has 2 fully saturated rings. The van der Waals surface area contributed by atoms with E-state index < -0.39 is 0 Å². The van der Waals surface area contributed by atoms with Crippen molar-refractivity contribution >= 4 is 23.2 Å². The van der Waals surface area contributed by atoms with E-state index in [9.17, 15) is 9.59 Å². The molecule has 2 amide bonds. The van der Waals surface area contributed by atoms with Crippen LogP contribution in [-0.2, 0) is 11.2 Å². The van der Waals surface area contributed by atoms with Crippen molar-refractivity contribution in [2.45, 2.75) is 39.2 Å². The van der Waals surface area contributed by atoms with Crippen LogP contribution < -0.4 is 0 Å². The van der Waals surface area contributed by atoms with E-state index in [-0.39, 0.29) is 17.9 Å². The zero-order chi connectivity index (χ0) is 17.3. The fourth-order valence-electron chi connectivity index (χ4n) is 3.62. The van der Waals surface area contributed by atoms with Crippen molar-refractivity contribution in [2.24, 2.45) is 0 Å². The Labute approximate surface area is 148 Å². The molecule has 1 aromatic rings. The first-order valence-electron chi connectivity index (χ1n) is 8.89. The smallest absolute Gasteiger partial charge is 0.264 e. The van der Waals surface area contributed by atoms with Gasteiger partial charge >= 0.3 is 0 Å². The van der Waals surface area contributed by atoms with Crippen LogP contribution in [0.2, 0.25) is 0 Å². The second-order valence-corrected chi connectivity index (χ2v) is 7.99. The van der Waals surface area contributed by atoms with Crippen molar-refractivity contribution in [1.82, 2.24) is 14.7 Å². The third-order valence-corrected chi connectivity index (χ3v) is 6.54. The quantitative estimate of drug-likeness (QED) is 0.838. The van der Waals surface area contributed by atoms with E-state index in [1.807, 2.05) is 15.9 Å². The van der Waals surface area contributed by atoms with Crippen LogP contribution in [0.15, 0.2) is 6.07 Å². The number of likely N-dealkylation sites (tertiary alicyclic amines) is 1. The summed E-state index contributed by atoms with van der Waals surface area (Å²) in [5, 5.41) is 0. The van der Waals surface area contributed by atoms with Gasteiger partial charge in [-0.25, -0.2) is 0 Å². The van der Waals surface area contributed by atoms with E-state index in [1.165, 1.54) is 10.4 Å². The molecular formula is C18H27N3O2S. The van der Waals surface area contributed by atoms with Crippen LogP contribution in [0.1, 0.15) is 39.9 Å². The minimum atomic E-state index is -0.270. The Hall–Kier alpha value is -1.40. The summed E-state index contributed by atoms with van der Waals surface area (Å²) in [5.41, 5.74) is 1.19. The Kier molecular flexibility index (Phi) is 5.25. The highest BCUT2D eigenvalue weighted by molar-refractivity contribution is 7.14. The number of amides is 2. The number of hydrogen-bond acceptors (Lipinski definition) is 4. The molecule has 2 aliphatic heterocycles. The normalized spacial score (nSPS) is 22.2. The molecule has 0 N–H and O–H groups in total. The summed E-state index contributed by atoms with van der Waals surface area (Å²) in [4.78, 5) is 33.9. The molecule has 1 atom stereocenters. The number of carbonyl (C=O) groups excluding carboxylic acids is 2. The number of aryl methyl sites for hydroxylation is 2. The summed E-state index contributed by atoms with van der Waals surface area (Å²) in [6, 6.07) is 1.72. The summed E-state index contributed by atoms with van der Waals surface area (Å²) >= 11 is 1.58. The van der Waals surface area contributed by atoms with Gasteiger partial charge in [0.2, 0.25) is 5.91 Å². The van der Waals surface area contributed by atoms with Gasteiger partial charge in [-0.3, -0.25) is 9.59 Å². The Morgan fingerprint density at radius 1 is 1.21 bits per heavy atom. The van der Waals surface area contributed by atoms with Crippen LogP contribution in [0, 0.1) is 6.92 Å². The summed E-state index contributed by atoms with van der Waals surface area (Å²) in [7, 11) is 2.08. The topological polar surface area (TPSA) is 43.9 Å². The molecule has 2 saturated heterocycles. The van der Waals surface area contributed by atoms with Gasteiger partial charge in [0.25, 0.3) is 5.91 Å². The molecule has 3 rings (SSSR count). The molecule has 5 nitrogen and oxygen atoms in total. The largest absolute Gasteiger partial charge is 0.338 e. The number of carbonyl (C=O) groups is 2. The lowest BCUT2D eigenvalue weighted by Crippen LogP contribution is -2.53. The molecule has 1 unspecified atom stereocenters. The first-order chi connectivity index (χ1) is 11.5. The molecule has 24 heavy (non-hydrogen) atoms. The maximum atomic E-state index is 12.9. The molecule has 3 heterocycles. The van der Waals surface area contributed by atoms with Crippen LogP contribution in [0.25, 0.3) is 0 Å². The van der Waals surface area contributed by atoms with Crippen molar-refractivity contribution in [3.63, 3.8) is 0 Å². The molecule has 132 valence electrons. The Balaban J connectivity index is 1.72. The third-order valence-electron chi connectivity index (χ3n) is 5.17. The van der Waals surface area contributed by atoms with Gasteiger partial charge in [-0.05, 0) is 44.9 Å². The van der Waals surface area contributed by atoms with Gasteiger partial charge in [-0.15, -0.1) is 11.3 Å². The molecule has 6 heteroatoms. The number of hydrogen-bond donors (Lipinski definition) is 0. The Morgan fingerprint density at radius 3 is 2.54 bits per heavy atom. The highest BCUT2D eigenvalue weighted by atomic mass is 32.1. The Bertz CT molecular complexity index is 620. The number of likely N-dealkylation sites (N-methyl/N-ethyl adjacent to an activating group) is 1. The SMILES string of the molecule is CCc1sc(C(=O)N2CCCC2C(=O)N2CCN(C)CC2)cc1C. The number of piperazine rings is 1. The minimum Gasteiger partial charge on any atom is -0.338 e. The Morgan fingerprint density at radius 2 is 1.92 bits per heavy atom. The predicted molar refractivity (Wildman–Crippen MR) is 96.6 cm³/mol. The number of nitrogens with zero attached hydrogens (tertiary/aromatic N) is 3. The van der Waals surface area contributed by atoms with Gasteiger partial charge in [0.1, 0.15) is 6.04 Å². The lowest BCUT2D eigenvalue weighted by molar-refractivity contribution is -0.136. The molecule has 0 spiro atoms. The third kappa shape index (κ3) is 3.35. The van der Waals surface area contributed by atoms with Crippen molar-refractivity contribution in [1.29, 1.82) is 0 Å². The van der Waals surface area contributed by atoms with E-state index >= 15 is 0 Å². The first-order valence-corrected chi connectivity index (χ1v) is 9.70. The molecule has 0 saturated carbocycles. The van der Waals surface area contributed by atoms with Gasteiger partial charge < -0.3 is 14.7 Å². The average molecular weight is 350 g/mol. The van der Waals surface area contributed by atoms with E-state index in [1.54, 1.807) is 11.3 Å². The highest BCUT2D eigenvalue weighted by Gasteiger charge is 2.37. The summed E-state index contributed by atoms with van der Waals surface area (Å²) in [6.07, 6.45) is 2.66. The van der Waals surface area contributed by atoms with Crippen LogP contribution in [0.5, 0.6) is 0 Å². The molecule has 1 aromatic heterocycles. The van der Waals surface area contributed by atoms with Gasteiger partial charge in [0.05, 0.1) is 4.88 Å². The molecule has 0 radical (unpaired) electrons. The van der Waals surface area contributed by atoms with Crippen molar-refractivity contribution in [2.75, 3.05) is 39.8 Å². The van der Waals surface area contributed by atoms with E-state index in [4.69, 9.17) is 0 Å². The minimum absolute atomic E-state index is 0.0350. The lowest BCUT2D eigenvalue weighted by Gasteiger charge is -2.35. The van der Waals surface area contributed by atoms with Crippen LogP contribution in [-0.4, -0.2) is 72.3 Å². The fraction of sp³-hybridized carbons (Fsp3) is 0.667. The van der Waals surface area contributed by atoms with Crippen molar-refractivity contribution < 1.29 is 9.59 Å². The van der Waals surface area contributed by atoms with E-state index in [0.717, 1.165) is 50.3 Å². The van der Waals surface area contributed by atoms with Crippen LogP contribution >= 0.6 is 11.3 Å². The summed E-state index contributed by atoms with van der Waals surface area (Å²) < 4.78 is 0. The predicted octanol–water partition coefficient (Wildman–Crippen LogP) is 2.00. The van der Waals surface area contributed by atoms with Gasteiger partial charge in [0.15, 0.2) is 0 Å². The summed E-state index contributed by atoms with van der Waals surface area (Å²) in [5.74, 6) is 0.172. The van der Waals surface area contributed by atoms with Gasteiger partial charge in [-0.2, -0.15) is 0 Å². The monoisotopic (exact) mass is 349 g/mol. The average Bonchev–Trinajstić information content (AvgIpc) is 3.20. The van der Waals surface area contributed by atoms with E-state index in [2.05, 4.69) is 25.8 Å². The standard InChI is InChI=1S/C18H27N3O2S/c1-4-15-13(2)12-16(24-15)18(23)21-7-5-6-14(21)17(22)20-10-8-19(3)9-11-20/h12,14H,4-11H2,1-3H3. The van der Waals surface area contributed by atoms with Crippen LogP contribution in [0.3, 0.4) is 0 Å². The lowest BCUT2D eigenvalue weighted by atomic mass is 10.1. The van der Waals surface area contributed by atoms with E-state index in [0.29, 0.717) is 6.54 Å². The van der Waals surface area contributed by atoms with Crippen molar-refractivity contribution in [3.8, 4) is 0 Å². The van der Waals surface area contributed by atoms with Gasteiger partial charge in [0, 0.05) is 37.6 Å². The molecule has 0 aromatic carbocycles. The molecular weight excluding hydrogens is 322 g/mol. The zero-order valence-corrected chi connectivity index (χ0v) is 15.7.